The number of aryl methyl sites for hydroxylation is 2. The Hall–Kier alpha value is -2.18. The molecule has 2 saturated heterocycles. The van der Waals surface area contributed by atoms with E-state index in [-0.39, 0.29) is 35.6 Å². The quantitative estimate of drug-likeness (QED) is 0.863. The fraction of sp³-hybridized carbons (Fsp3) is 0.667. The predicted octanol–water partition coefficient (Wildman–Crippen LogP) is 0.910. The van der Waals surface area contributed by atoms with E-state index in [0.717, 1.165) is 31.4 Å². The van der Waals surface area contributed by atoms with Gasteiger partial charge in [-0.25, -0.2) is 4.79 Å². The average molecular weight is 346 g/mol. The van der Waals surface area contributed by atoms with Crippen LogP contribution in [0.4, 0.5) is 0 Å². The molecule has 7 heteroatoms. The molecule has 2 atom stereocenters. The minimum absolute atomic E-state index is 0.00151. The number of likely N-dealkylation sites (tertiary alicyclic amines) is 1. The molecule has 0 radical (unpaired) electrons. The lowest BCUT2D eigenvalue weighted by atomic mass is 9.81. The standard InChI is InChI=1S/C18H26N4O3/c1-12-10-13(2)22(17(25)19-12)11-16(24)21-9-5-8-18(3)14(21)6-4-7-15(23)20-18/h10,14H,4-9,11H2,1-3H3,(H,20,23)/t14-,18-/m0/s1. The molecule has 1 aromatic heterocycles. The second-order valence-corrected chi connectivity index (χ2v) is 7.47. The van der Waals surface area contributed by atoms with Crippen LogP contribution in [0.25, 0.3) is 0 Å². The van der Waals surface area contributed by atoms with Gasteiger partial charge in [-0.1, -0.05) is 0 Å². The molecule has 0 saturated carbocycles. The van der Waals surface area contributed by atoms with E-state index in [0.29, 0.717) is 18.7 Å². The Morgan fingerprint density at radius 1 is 1.36 bits per heavy atom. The minimum Gasteiger partial charge on any atom is -0.349 e. The highest BCUT2D eigenvalue weighted by Gasteiger charge is 2.44. The van der Waals surface area contributed by atoms with Crippen LogP contribution in [0.15, 0.2) is 10.9 Å². The molecule has 136 valence electrons. The molecule has 25 heavy (non-hydrogen) atoms. The minimum atomic E-state index is -0.389. The van der Waals surface area contributed by atoms with Gasteiger partial charge >= 0.3 is 5.69 Å². The van der Waals surface area contributed by atoms with Crippen molar-refractivity contribution in [3.63, 3.8) is 0 Å². The molecule has 7 nitrogen and oxygen atoms in total. The number of piperidine rings is 1. The van der Waals surface area contributed by atoms with E-state index in [1.54, 1.807) is 13.0 Å². The zero-order valence-corrected chi connectivity index (χ0v) is 15.2. The van der Waals surface area contributed by atoms with Gasteiger partial charge in [0.25, 0.3) is 0 Å². The molecule has 0 spiro atoms. The summed E-state index contributed by atoms with van der Waals surface area (Å²) in [5.74, 6) is -0.0166. The second-order valence-electron chi connectivity index (χ2n) is 7.47. The molecule has 2 amide bonds. The average Bonchev–Trinajstić information content (AvgIpc) is 2.67. The zero-order chi connectivity index (χ0) is 18.2. The Morgan fingerprint density at radius 2 is 2.12 bits per heavy atom. The second kappa shape index (κ2) is 6.61. The number of fused-ring (bicyclic) bond motifs is 1. The van der Waals surface area contributed by atoms with Crippen LogP contribution < -0.4 is 11.0 Å². The van der Waals surface area contributed by atoms with Crippen molar-refractivity contribution >= 4 is 11.8 Å². The van der Waals surface area contributed by atoms with Crippen molar-refractivity contribution in [3.05, 3.63) is 27.9 Å². The molecule has 1 aromatic rings. The smallest absolute Gasteiger partial charge is 0.348 e. The van der Waals surface area contributed by atoms with Crippen LogP contribution >= 0.6 is 0 Å². The van der Waals surface area contributed by atoms with E-state index in [1.165, 1.54) is 4.57 Å². The number of hydrogen-bond acceptors (Lipinski definition) is 4. The zero-order valence-electron chi connectivity index (χ0n) is 15.2. The lowest BCUT2D eigenvalue weighted by Gasteiger charge is -2.47. The number of carbonyl (C=O) groups excluding carboxylic acids is 2. The maximum atomic E-state index is 13.0. The van der Waals surface area contributed by atoms with Gasteiger partial charge in [-0.3, -0.25) is 14.2 Å². The Kier molecular flexibility index (Phi) is 4.67. The van der Waals surface area contributed by atoms with Crippen molar-refractivity contribution in [1.29, 1.82) is 0 Å². The third kappa shape index (κ3) is 3.45. The van der Waals surface area contributed by atoms with Crippen LogP contribution in [0.2, 0.25) is 0 Å². The van der Waals surface area contributed by atoms with Crippen LogP contribution in [-0.4, -0.2) is 44.4 Å². The number of carbonyl (C=O) groups is 2. The number of hydrogen-bond donors (Lipinski definition) is 1. The van der Waals surface area contributed by atoms with Crippen molar-refractivity contribution < 1.29 is 9.59 Å². The molecular formula is C18H26N4O3. The Bertz CT molecular complexity index is 757. The molecule has 0 bridgehead atoms. The van der Waals surface area contributed by atoms with E-state index >= 15 is 0 Å². The number of aromatic nitrogens is 2. The first-order valence-electron chi connectivity index (χ1n) is 8.96. The van der Waals surface area contributed by atoms with Gasteiger partial charge in [0.1, 0.15) is 6.54 Å². The number of rotatable bonds is 2. The van der Waals surface area contributed by atoms with Gasteiger partial charge in [-0.2, -0.15) is 4.98 Å². The summed E-state index contributed by atoms with van der Waals surface area (Å²) in [4.78, 5) is 42.9. The van der Waals surface area contributed by atoms with Gasteiger partial charge in [-0.15, -0.1) is 0 Å². The van der Waals surface area contributed by atoms with Crippen molar-refractivity contribution in [1.82, 2.24) is 19.8 Å². The molecule has 3 heterocycles. The van der Waals surface area contributed by atoms with Crippen molar-refractivity contribution in [2.75, 3.05) is 6.54 Å². The van der Waals surface area contributed by atoms with Crippen LogP contribution in [0.5, 0.6) is 0 Å². The Balaban J connectivity index is 1.84. The van der Waals surface area contributed by atoms with Gasteiger partial charge in [-0.05, 0) is 52.5 Å². The first kappa shape index (κ1) is 17.6. The lowest BCUT2D eigenvalue weighted by Crippen LogP contribution is -2.64. The fourth-order valence-electron chi connectivity index (χ4n) is 4.23. The molecule has 0 unspecified atom stereocenters. The number of nitrogens with zero attached hydrogens (tertiary/aromatic N) is 3. The molecule has 2 aliphatic rings. The summed E-state index contributed by atoms with van der Waals surface area (Å²) < 4.78 is 1.43. The van der Waals surface area contributed by atoms with E-state index in [9.17, 15) is 14.4 Å². The topological polar surface area (TPSA) is 84.3 Å². The summed E-state index contributed by atoms with van der Waals surface area (Å²) in [5.41, 5.74) is 0.621. The van der Waals surface area contributed by atoms with Crippen LogP contribution in [-0.2, 0) is 16.1 Å². The van der Waals surface area contributed by atoms with Crippen LogP contribution in [0.1, 0.15) is 50.4 Å². The largest absolute Gasteiger partial charge is 0.349 e. The summed E-state index contributed by atoms with van der Waals surface area (Å²) in [5, 5.41) is 3.12. The van der Waals surface area contributed by atoms with Crippen molar-refractivity contribution in [3.8, 4) is 0 Å². The van der Waals surface area contributed by atoms with E-state index in [1.807, 2.05) is 18.7 Å². The summed E-state index contributed by atoms with van der Waals surface area (Å²) in [6.07, 6.45) is 3.81. The van der Waals surface area contributed by atoms with Gasteiger partial charge in [0.05, 0.1) is 11.6 Å². The molecule has 3 rings (SSSR count). The van der Waals surface area contributed by atoms with Gasteiger partial charge < -0.3 is 10.2 Å². The highest BCUT2D eigenvalue weighted by Crippen LogP contribution is 2.33. The SMILES string of the molecule is Cc1cc(C)n(CC(=O)N2CCC[C@]3(C)NC(=O)CCC[C@H]23)c(=O)n1. The number of amides is 2. The maximum absolute atomic E-state index is 13.0. The third-order valence-corrected chi connectivity index (χ3v) is 5.47. The maximum Gasteiger partial charge on any atom is 0.348 e. The van der Waals surface area contributed by atoms with Crippen molar-refractivity contribution in [2.45, 2.75) is 71.0 Å². The van der Waals surface area contributed by atoms with Gasteiger partial charge in [0.15, 0.2) is 0 Å². The van der Waals surface area contributed by atoms with Gasteiger partial charge in [0.2, 0.25) is 11.8 Å². The fourth-order valence-corrected chi connectivity index (χ4v) is 4.23. The van der Waals surface area contributed by atoms with E-state index in [4.69, 9.17) is 0 Å². The molecule has 0 aromatic carbocycles. The first-order valence-corrected chi connectivity index (χ1v) is 8.96. The van der Waals surface area contributed by atoms with Gasteiger partial charge in [0, 0.05) is 24.4 Å². The van der Waals surface area contributed by atoms with Crippen molar-refractivity contribution in [2.24, 2.45) is 0 Å². The molecule has 0 aliphatic carbocycles. The summed E-state index contributed by atoms with van der Waals surface area (Å²) in [6.45, 7) is 6.28. The Labute approximate surface area is 147 Å². The van der Waals surface area contributed by atoms with Crippen LogP contribution in [0.3, 0.4) is 0 Å². The monoisotopic (exact) mass is 346 g/mol. The van der Waals surface area contributed by atoms with E-state index < -0.39 is 0 Å². The third-order valence-electron chi connectivity index (χ3n) is 5.47. The summed E-state index contributed by atoms with van der Waals surface area (Å²) in [7, 11) is 0. The molecule has 2 aliphatic heterocycles. The predicted molar refractivity (Wildman–Crippen MR) is 93.1 cm³/mol. The van der Waals surface area contributed by atoms with E-state index in [2.05, 4.69) is 10.3 Å². The Morgan fingerprint density at radius 3 is 2.84 bits per heavy atom. The molecule has 2 fully saturated rings. The molecule has 1 N–H and O–H groups in total. The highest BCUT2D eigenvalue weighted by molar-refractivity contribution is 5.79. The summed E-state index contributed by atoms with van der Waals surface area (Å²) >= 11 is 0. The lowest BCUT2D eigenvalue weighted by molar-refractivity contribution is -0.139. The summed E-state index contributed by atoms with van der Waals surface area (Å²) in [6, 6.07) is 1.79. The van der Waals surface area contributed by atoms with Crippen LogP contribution in [0, 0.1) is 13.8 Å². The first-order chi connectivity index (χ1) is 11.8. The normalized spacial score (nSPS) is 26.6. The highest BCUT2D eigenvalue weighted by atomic mass is 16.2. The molecular weight excluding hydrogens is 320 g/mol. The number of nitrogens with one attached hydrogen (secondary N) is 1.